The molecule has 0 spiro atoms. The Labute approximate surface area is 104 Å². The zero-order valence-electron chi connectivity index (χ0n) is 11.9. The molecule has 0 heterocycles. The summed E-state index contributed by atoms with van der Waals surface area (Å²) in [5.74, 6) is 1.44. The van der Waals surface area contributed by atoms with E-state index in [9.17, 15) is 5.11 Å². The van der Waals surface area contributed by atoms with Gasteiger partial charge in [0.2, 0.25) is 0 Å². The van der Waals surface area contributed by atoms with E-state index in [1.54, 1.807) is 28.1 Å². The van der Waals surface area contributed by atoms with Crippen LogP contribution >= 0.6 is 0 Å². The molecule has 1 rings (SSSR count). The molecule has 98 valence electrons. The number of aliphatic hydroxyl groups is 1. The standard InChI is InChI=1S/C12H18O3.C2H6/c1-8-6-11(15-5)9(12(2,3)13)7-10(8)14-4;1-2/h6-7,13H,1-5H3;1-2H3. The van der Waals surface area contributed by atoms with Crippen molar-refractivity contribution in [3.63, 3.8) is 0 Å². The maximum Gasteiger partial charge on any atom is 0.125 e. The molecule has 0 unspecified atom stereocenters. The van der Waals surface area contributed by atoms with Gasteiger partial charge in [0, 0.05) is 5.56 Å². The molecular formula is C14H24O3. The van der Waals surface area contributed by atoms with Crippen molar-refractivity contribution in [2.75, 3.05) is 14.2 Å². The van der Waals surface area contributed by atoms with Crippen LogP contribution in [-0.2, 0) is 5.60 Å². The summed E-state index contributed by atoms with van der Waals surface area (Å²) in [5, 5.41) is 9.98. The zero-order valence-corrected chi connectivity index (χ0v) is 11.9. The van der Waals surface area contributed by atoms with Crippen LogP contribution in [0.3, 0.4) is 0 Å². The van der Waals surface area contributed by atoms with Gasteiger partial charge in [-0.15, -0.1) is 0 Å². The van der Waals surface area contributed by atoms with Crippen molar-refractivity contribution >= 4 is 0 Å². The molecule has 0 saturated carbocycles. The zero-order chi connectivity index (χ0) is 13.6. The van der Waals surface area contributed by atoms with Crippen LogP contribution in [0.25, 0.3) is 0 Å². The fourth-order valence-electron chi connectivity index (χ4n) is 1.53. The van der Waals surface area contributed by atoms with Gasteiger partial charge in [-0.1, -0.05) is 13.8 Å². The van der Waals surface area contributed by atoms with Crippen LogP contribution in [0.15, 0.2) is 12.1 Å². The highest BCUT2D eigenvalue weighted by molar-refractivity contribution is 5.48. The van der Waals surface area contributed by atoms with E-state index >= 15 is 0 Å². The number of rotatable bonds is 3. The summed E-state index contributed by atoms with van der Waals surface area (Å²) in [4.78, 5) is 0. The lowest BCUT2D eigenvalue weighted by Crippen LogP contribution is -2.17. The average molecular weight is 240 g/mol. The average Bonchev–Trinajstić information content (AvgIpc) is 2.29. The van der Waals surface area contributed by atoms with Crippen molar-refractivity contribution < 1.29 is 14.6 Å². The van der Waals surface area contributed by atoms with E-state index in [-0.39, 0.29) is 0 Å². The van der Waals surface area contributed by atoms with Crippen molar-refractivity contribution in [1.29, 1.82) is 0 Å². The molecular weight excluding hydrogens is 216 g/mol. The maximum atomic E-state index is 9.98. The Morgan fingerprint density at radius 2 is 1.47 bits per heavy atom. The topological polar surface area (TPSA) is 38.7 Å². The largest absolute Gasteiger partial charge is 0.496 e. The van der Waals surface area contributed by atoms with E-state index in [1.165, 1.54) is 0 Å². The second-order valence-corrected chi connectivity index (χ2v) is 4.08. The first kappa shape index (κ1) is 15.8. The van der Waals surface area contributed by atoms with E-state index in [1.807, 2.05) is 32.9 Å². The van der Waals surface area contributed by atoms with Crippen LogP contribution < -0.4 is 9.47 Å². The summed E-state index contributed by atoms with van der Waals surface area (Å²) in [6, 6.07) is 3.68. The predicted molar refractivity (Wildman–Crippen MR) is 70.9 cm³/mol. The van der Waals surface area contributed by atoms with Gasteiger partial charge < -0.3 is 14.6 Å². The van der Waals surface area contributed by atoms with Gasteiger partial charge in [0.25, 0.3) is 0 Å². The number of aryl methyl sites for hydroxylation is 1. The van der Waals surface area contributed by atoms with Gasteiger partial charge in [-0.05, 0) is 38.5 Å². The molecule has 0 fully saturated rings. The Kier molecular flexibility index (Phi) is 6.03. The fourth-order valence-corrected chi connectivity index (χ4v) is 1.53. The molecule has 1 aromatic carbocycles. The quantitative estimate of drug-likeness (QED) is 0.881. The smallest absolute Gasteiger partial charge is 0.125 e. The molecule has 0 saturated heterocycles. The third kappa shape index (κ3) is 3.93. The number of hydrogen-bond donors (Lipinski definition) is 1. The molecule has 0 aliphatic heterocycles. The molecule has 0 aliphatic rings. The van der Waals surface area contributed by atoms with Gasteiger partial charge >= 0.3 is 0 Å². The van der Waals surface area contributed by atoms with E-state index in [2.05, 4.69) is 0 Å². The highest BCUT2D eigenvalue weighted by Gasteiger charge is 2.22. The lowest BCUT2D eigenvalue weighted by Gasteiger charge is -2.22. The van der Waals surface area contributed by atoms with Crippen LogP contribution in [0, 0.1) is 6.92 Å². The van der Waals surface area contributed by atoms with Crippen molar-refractivity contribution in [1.82, 2.24) is 0 Å². The van der Waals surface area contributed by atoms with E-state index in [0.29, 0.717) is 5.75 Å². The Hall–Kier alpha value is -1.22. The normalized spacial score (nSPS) is 10.4. The molecule has 0 amide bonds. The first-order chi connectivity index (χ1) is 7.90. The number of ether oxygens (including phenoxy) is 2. The Bertz CT molecular complexity index is 351. The third-order valence-electron chi connectivity index (χ3n) is 2.38. The Morgan fingerprint density at radius 1 is 1.00 bits per heavy atom. The molecule has 0 bridgehead atoms. The van der Waals surface area contributed by atoms with Crippen molar-refractivity contribution in [3.05, 3.63) is 23.3 Å². The van der Waals surface area contributed by atoms with Crippen molar-refractivity contribution in [2.24, 2.45) is 0 Å². The molecule has 1 N–H and O–H groups in total. The van der Waals surface area contributed by atoms with Crippen LogP contribution in [0.2, 0.25) is 0 Å². The van der Waals surface area contributed by atoms with Crippen LogP contribution in [0.5, 0.6) is 11.5 Å². The third-order valence-corrected chi connectivity index (χ3v) is 2.38. The second-order valence-electron chi connectivity index (χ2n) is 4.08. The minimum Gasteiger partial charge on any atom is -0.496 e. The Morgan fingerprint density at radius 3 is 1.82 bits per heavy atom. The molecule has 0 radical (unpaired) electrons. The molecule has 3 heteroatoms. The molecule has 0 aliphatic carbocycles. The highest BCUT2D eigenvalue weighted by Crippen LogP contribution is 2.34. The number of benzene rings is 1. The van der Waals surface area contributed by atoms with Crippen LogP contribution in [0.1, 0.15) is 38.8 Å². The van der Waals surface area contributed by atoms with Crippen LogP contribution in [0.4, 0.5) is 0 Å². The molecule has 1 aromatic rings. The van der Waals surface area contributed by atoms with Gasteiger partial charge in [0.15, 0.2) is 0 Å². The summed E-state index contributed by atoms with van der Waals surface area (Å²) in [7, 11) is 3.21. The van der Waals surface area contributed by atoms with Gasteiger partial charge in [-0.3, -0.25) is 0 Å². The SMILES string of the molecule is CC.COc1cc(C(C)(C)O)c(OC)cc1C. The van der Waals surface area contributed by atoms with Gasteiger partial charge in [-0.25, -0.2) is 0 Å². The maximum absolute atomic E-state index is 9.98. The van der Waals surface area contributed by atoms with E-state index in [4.69, 9.17) is 9.47 Å². The number of hydrogen-bond acceptors (Lipinski definition) is 3. The molecule has 17 heavy (non-hydrogen) atoms. The fraction of sp³-hybridized carbons (Fsp3) is 0.571. The summed E-state index contributed by atoms with van der Waals surface area (Å²) in [6.07, 6.45) is 0. The number of methoxy groups -OCH3 is 2. The summed E-state index contributed by atoms with van der Waals surface area (Å²) >= 11 is 0. The molecule has 0 aromatic heterocycles. The Balaban J connectivity index is 0.00000121. The lowest BCUT2D eigenvalue weighted by atomic mass is 9.95. The predicted octanol–water partition coefficient (Wildman–Crippen LogP) is 3.27. The van der Waals surface area contributed by atoms with E-state index < -0.39 is 5.60 Å². The van der Waals surface area contributed by atoms with Gasteiger partial charge in [0.1, 0.15) is 11.5 Å². The van der Waals surface area contributed by atoms with Gasteiger partial charge in [0.05, 0.1) is 19.8 Å². The lowest BCUT2D eigenvalue weighted by molar-refractivity contribution is 0.0753. The van der Waals surface area contributed by atoms with E-state index in [0.717, 1.165) is 16.9 Å². The highest BCUT2D eigenvalue weighted by atomic mass is 16.5. The minimum atomic E-state index is -0.938. The molecule has 3 nitrogen and oxygen atoms in total. The van der Waals surface area contributed by atoms with Crippen molar-refractivity contribution in [3.8, 4) is 11.5 Å². The monoisotopic (exact) mass is 240 g/mol. The van der Waals surface area contributed by atoms with Gasteiger partial charge in [-0.2, -0.15) is 0 Å². The first-order valence-electron chi connectivity index (χ1n) is 5.85. The van der Waals surface area contributed by atoms with Crippen molar-refractivity contribution in [2.45, 2.75) is 40.2 Å². The molecule has 0 atom stereocenters. The summed E-state index contributed by atoms with van der Waals surface area (Å²) < 4.78 is 10.5. The first-order valence-corrected chi connectivity index (χ1v) is 5.85. The second kappa shape index (κ2) is 6.50. The summed E-state index contributed by atoms with van der Waals surface area (Å²) in [5.41, 5.74) is 0.779. The van der Waals surface area contributed by atoms with Crippen LogP contribution in [-0.4, -0.2) is 19.3 Å². The minimum absolute atomic E-state index is 0.681. The summed E-state index contributed by atoms with van der Waals surface area (Å²) in [6.45, 7) is 9.38.